The molecule has 5 nitrogen and oxygen atoms in total. The van der Waals surface area contributed by atoms with E-state index in [1.165, 1.54) is 11.3 Å². The van der Waals surface area contributed by atoms with Crippen molar-refractivity contribution < 1.29 is 9.53 Å². The molecular formula is C10H15N3O2S. The molecule has 0 saturated carbocycles. The van der Waals surface area contributed by atoms with Gasteiger partial charge in [-0.1, -0.05) is 0 Å². The Morgan fingerprint density at radius 1 is 1.75 bits per heavy atom. The van der Waals surface area contributed by atoms with Crippen LogP contribution in [0.1, 0.15) is 30.3 Å². The molecule has 0 aliphatic carbocycles. The van der Waals surface area contributed by atoms with Crippen molar-refractivity contribution >= 4 is 22.4 Å². The minimum absolute atomic E-state index is 0.146. The standard InChI is InChI=1S/C10H15N3O2S/c1-6-4-7(2-3-15-6)12-9(14)8-5-16-10(11)13-8/h5-7H,2-4H2,1H3,(H2,11,13)(H,12,14). The monoisotopic (exact) mass is 241 g/mol. The Morgan fingerprint density at radius 3 is 3.19 bits per heavy atom. The molecule has 1 saturated heterocycles. The number of nitrogens with two attached hydrogens (primary N) is 1. The van der Waals surface area contributed by atoms with Crippen LogP contribution in [0.25, 0.3) is 0 Å². The number of hydrogen-bond acceptors (Lipinski definition) is 5. The highest BCUT2D eigenvalue weighted by atomic mass is 32.1. The molecule has 1 aromatic rings. The lowest BCUT2D eigenvalue weighted by Gasteiger charge is -2.27. The Hall–Kier alpha value is -1.14. The number of thiazole rings is 1. The van der Waals surface area contributed by atoms with Crippen LogP contribution in [0.2, 0.25) is 0 Å². The van der Waals surface area contributed by atoms with Crippen molar-refractivity contribution in [3.8, 4) is 0 Å². The number of carbonyl (C=O) groups excluding carboxylic acids is 1. The molecule has 6 heteroatoms. The summed E-state index contributed by atoms with van der Waals surface area (Å²) in [7, 11) is 0. The number of nitrogens with zero attached hydrogens (tertiary/aromatic N) is 1. The fourth-order valence-electron chi connectivity index (χ4n) is 1.78. The van der Waals surface area contributed by atoms with E-state index in [0.29, 0.717) is 17.4 Å². The van der Waals surface area contributed by atoms with Gasteiger partial charge in [0.25, 0.3) is 5.91 Å². The molecule has 2 atom stereocenters. The number of ether oxygens (including phenoxy) is 1. The van der Waals surface area contributed by atoms with E-state index in [9.17, 15) is 4.79 Å². The number of rotatable bonds is 2. The maximum absolute atomic E-state index is 11.8. The van der Waals surface area contributed by atoms with Crippen LogP contribution in [0.4, 0.5) is 5.13 Å². The summed E-state index contributed by atoms with van der Waals surface area (Å²) >= 11 is 1.28. The average molecular weight is 241 g/mol. The van der Waals surface area contributed by atoms with E-state index in [1.54, 1.807) is 5.38 Å². The number of nitrogen functional groups attached to an aromatic ring is 1. The van der Waals surface area contributed by atoms with Gasteiger partial charge in [-0.05, 0) is 19.8 Å². The second kappa shape index (κ2) is 4.80. The summed E-state index contributed by atoms with van der Waals surface area (Å²) in [6.07, 6.45) is 1.92. The summed E-state index contributed by atoms with van der Waals surface area (Å²) in [5.41, 5.74) is 5.88. The number of amides is 1. The molecule has 88 valence electrons. The van der Waals surface area contributed by atoms with Gasteiger partial charge in [0.1, 0.15) is 5.69 Å². The van der Waals surface area contributed by atoms with Crippen LogP contribution in [0.3, 0.4) is 0 Å². The molecule has 2 heterocycles. The number of aromatic nitrogens is 1. The average Bonchev–Trinajstić information content (AvgIpc) is 2.65. The molecule has 2 rings (SSSR count). The van der Waals surface area contributed by atoms with Gasteiger partial charge >= 0.3 is 0 Å². The number of carbonyl (C=O) groups is 1. The molecule has 1 aliphatic heterocycles. The van der Waals surface area contributed by atoms with E-state index in [-0.39, 0.29) is 18.1 Å². The van der Waals surface area contributed by atoms with Crippen molar-refractivity contribution in [1.29, 1.82) is 0 Å². The van der Waals surface area contributed by atoms with Crippen molar-refractivity contribution in [2.45, 2.75) is 31.9 Å². The highest BCUT2D eigenvalue weighted by molar-refractivity contribution is 7.13. The Labute approximate surface area is 98.0 Å². The van der Waals surface area contributed by atoms with Crippen LogP contribution in [0.5, 0.6) is 0 Å². The van der Waals surface area contributed by atoms with Gasteiger partial charge in [0.15, 0.2) is 5.13 Å². The molecule has 2 unspecified atom stereocenters. The van der Waals surface area contributed by atoms with Gasteiger partial charge in [-0.25, -0.2) is 4.98 Å². The lowest BCUT2D eigenvalue weighted by atomic mass is 10.0. The molecule has 0 bridgehead atoms. The third-order valence-electron chi connectivity index (χ3n) is 2.57. The molecule has 0 radical (unpaired) electrons. The van der Waals surface area contributed by atoms with Crippen LogP contribution in [-0.4, -0.2) is 29.6 Å². The van der Waals surface area contributed by atoms with Crippen LogP contribution in [0.15, 0.2) is 5.38 Å². The van der Waals surface area contributed by atoms with E-state index in [1.807, 2.05) is 6.92 Å². The summed E-state index contributed by atoms with van der Waals surface area (Å²) in [6.45, 7) is 2.71. The topological polar surface area (TPSA) is 77.2 Å². The molecule has 1 amide bonds. The first-order valence-corrected chi connectivity index (χ1v) is 6.16. The Bertz CT molecular complexity index is 380. The fourth-order valence-corrected chi connectivity index (χ4v) is 2.32. The van der Waals surface area contributed by atoms with E-state index in [0.717, 1.165) is 12.8 Å². The van der Waals surface area contributed by atoms with Crippen molar-refractivity contribution in [2.24, 2.45) is 0 Å². The third kappa shape index (κ3) is 2.70. The maximum Gasteiger partial charge on any atom is 0.271 e. The van der Waals surface area contributed by atoms with Crippen LogP contribution in [0, 0.1) is 0 Å². The summed E-state index contributed by atoms with van der Waals surface area (Å²) in [5.74, 6) is -0.146. The second-order valence-corrected chi connectivity index (χ2v) is 4.84. The molecule has 0 aromatic carbocycles. The zero-order chi connectivity index (χ0) is 11.5. The first-order chi connectivity index (χ1) is 7.65. The van der Waals surface area contributed by atoms with Gasteiger partial charge in [0.2, 0.25) is 0 Å². The van der Waals surface area contributed by atoms with Crippen LogP contribution in [-0.2, 0) is 4.74 Å². The zero-order valence-corrected chi connectivity index (χ0v) is 9.92. The van der Waals surface area contributed by atoms with Crippen LogP contribution >= 0.6 is 11.3 Å². The lowest BCUT2D eigenvalue weighted by Crippen LogP contribution is -2.41. The minimum atomic E-state index is -0.146. The van der Waals surface area contributed by atoms with Gasteiger partial charge in [0.05, 0.1) is 6.10 Å². The van der Waals surface area contributed by atoms with Gasteiger partial charge in [0, 0.05) is 18.0 Å². The Balaban J connectivity index is 1.92. The second-order valence-electron chi connectivity index (χ2n) is 3.95. The largest absolute Gasteiger partial charge is 0.378 e. The smallest absolute Gasteiger partial charge is 0.271 e. The van der Waals surface area contributed by atoms with Crippen molar-refractivity contribution in [3.05, 3.63) is 11.1 Å². The number of anilines is 1. The highest BCUT2D eigenvalue weighted by Crippen LogP contribution is 2.15. The van der Waals surface area contributed by atoms with Gasteiger partial charge in [-0.3, -0.25) is 4.79 Å². The SMILES string of the molecule is CC1CC(NC(=O)c2csc(N)n2)CCO1. The quantitative estimate of drug-likeness (QED) is 0.810. The van der Waals surface area contributed by atoms with E-state index in [2.05, 4.69) is 10.3 Å². The summed E-state index contributed by atoms with van der Waals surface area (Å²) < 4.78 is 5.41. The van der Waals surface area contributed by atoms with Gasteiger partial charge in [-0.2, -0.15) is 0 Å². The molecule has 0 spiro atoms. The van der Waals surface area contributed by atoms with Crippen molar-refractivity contribution in [3.63, 3.8) is 0 Å². The van der Waals surface area contributed by atoms with E-state index >= 15 is 0 Å². The first kappa shape index (κ1) is 11.3. The number of hydrogen-bond donors (Lipinski definition) is 2. The van der Waals surface area contributed by atoms with Gasteiger partial charge < -0.3 is 15.8 Å². The maximum atomic E-state index is 11.8. The Morgan fingerprint density at radius 2 is 2.56 bits per heavy atom. The third-order valence-corrected chi connectivity index (χ3v) is 3.25. The zero-order valence-electron chi connectivity index (χ0n) is 9.10. The molecule has 1 fully saturated rings. The number of nitrogens with one attached hydrogen (secondary N) is 1. The van der Waals surface area contributed by atoms with Crippen LogP contribution < -0.4 is 11.1 Å². The summed E-state index contributed by atoms with van der Waals surface area (Å²) in [6, 6.07) is 0.180. The molecule has 16 heavy (non-hydrogen) atoms. The predicted molar refractivity (Wildman–Crippen MR) is 62.4 cm³/mol. The molecule has 1 aromatic heterocycles. The lowest BCUT2D eigenvalue weighted by molar-refractivity contribution is 0.0136. The van der Waals surface area contributed by atoms with E-state index < -0.39 is 0 Å². The first-order valence-electron chi connectivity index (χ1n) is 5.28. The van der Waals surface area contributed by atoms with Crippen molar-refractivity contribution in [1.82, 2.24) is 10.3 Å². The van der Waals surface area contributed by atoms with E-state index in [4.69, 9.17) is 10.5 Å². The minimum Gasteiger partial charge on any atom is -0.378 e. The van der Waals surface area contributed by atoms with Gasteiger partial charge in [-0.15, -0.1) is 11.3 Å². The highest BCUT2D eigenvalue weighted by Gasteiger charge is 2.22. The molecule has 3 N–H and O–H groups in total. The fraction of sp³-hybridized carbons (Fsp3) is 0.600. The molecular weight excluding hydrogens is 226 g/mol. The normalized spacial score (nSPS) is 25.3. The predicted octanol–water partition coefficient (Wildman–Crippen LogP) is 1.02. The molecule has 1 aliphatic rings. The summed E-state index contributed by atoms with van der Waals surface area (Å²) in [4.78, 5) is 15.7. The Kier molecular flexibility index (Phi) is 3.40. The van der Waals surface area contributed by atoms with Crippen molar-refractivity contribution in [2.75, 3.05) is 12.3 Å². The summed E-state index contributed by atoms with van der Waals surface area (Å²) in [5, 5.41) is 5.04.